The van der Waals surface area contributed by atoms with Gasteiger partial charge < -0.3 is 10.2 Å². The average molecular weight is 323 g/mol. The predicted molar refractivity (Wildman–Crippen MR) is 92.6 cm³/mol. The van der Waals surface area contributed by atoms with Gasteiger partial charge in [-0.25, -0.2) is 0 Å². The van der Waals surface area contributed by atoms with Crippen molar-refractivity contribution >= 4 is 11.6 Å². The summed E-state index contributed by atoms with van der Waals surface area (Å²) < 4.78 is 0. The predicted octanol–water partition coefficient (Wildman–Crippen LogP) is 1.53. The van der Waals surface area contributed by atoms with E-state index in [0.29, 0.717) is 6.04 Å². The van der Waals surface area contributed by atoms with Crippen LogP contribution in [-0.4, -0.2) is 80.7 Å². The molecule has 1 atom stereocenters. The summed E-state index contributed by atoms with van der Waals surface area (Å²) >= 11 is 6.24. The zero-order chi connectivity index (χ0) is 15.4. The normalized spacial score (nSPS) is 23.5. The van der Waals surface area contributed by atoms with Crippen LogP contribution in [-0.2, 0) is 0 Å². The van der Waals surface area contributed by atoms with E-state index in [1.54, 1.807) is 0 Å². The van der Waals surface area contributed by atoms with Crippen molar-refractivity contribution in [2.75, 3.05) is 66.0 Å². The van der Waals surface area contributed by atoms with E-state index >= 15 is 0 Å². The number of halogens is 1. The van der Waals surface area contributed by atoms with Crippen molar-refractivity contribution in [2.45, 2.75) is 6.04 Å². The second-order valence-electron chi connectivity index (χ2n) is 6.46. The third-order valence-corrected chi connectivity index (χ3v) is 5.09. The van der Waals surface area contributed by atoms with Gasteiger partial charge in [0.05, 0.1) is 0 Å². The molecule has 1 unspecified atom stereocenters. The monoisotopic (exact) mass is 322 g/mol. The van der Waals surface area contributed by atoms with Crippen molar-refractivity contribution < 1.29 is 0 Å². The number of hydrogen-bond donors (Lipinski definition) is 1. The summed E-state index contributed by atoms with van der Waals surface area (Å²) in [5, 5.41) is 4.28. The maximum absolute atomic E-state index is 6.24. The molecular formula is C17H27ClN4. The summed E-state index contributed by atoms with van der Waals surface area (Å²) in [6, 6.07) is 8.88. The molecule has 22 heavy (non-hydrogen) atoms. The van der Waals surface area contributed by atoms with Crippen molar-refractivity contribution in [3.8, 4) is 0 Å². The number of hydrogen-bond acceptors (Lipinski definition) is 4. The lowest BCUT2D eigenvalue weighted by Gasteiger charge is -2.41. The molecule has 0 aliphatic carbocycles. The zero-order valence-electron chi connectivity index (χ0n) is 13.5. The summed E-state index contributed by atoms with van der Waals surface area (Å²) in [6.07, 6.45) is 0. The van der Waals surface area contributed by atoms with Crippen LogP contribution in [0.5, 0.6) is 0 Å². The van der Waals surface area contributed by atoms with Crippen molar-refractivity contribution in [3.63, 3.8) is 0 Å². The molecule has 4 nitrogen and oxygen atoms in total. The molecule has 1 aromatic carbocycles. The van der Waals surface area contributed by atoms with Crippen LogP contribution < -0.4 is 5.32 Å². The summed E-state index contributed by atoms with van der Waals surface area (Å²) in [6.45, 7) is 10.2. The molecule has 0 bridgehead atoms. The average Bonchev–Trinajstić information content (AvgIpc) is 2.55. The Morgan fingerprint density at radius 1 is 1.09 bits per heavy atom. The Kier molecular flexibility index (Phi) is 5.71. The number of benzene rings is 1. The van der Waals surface area contributed by atoms with E-state index < -0.39 is 0 Å². The van der Waals surface area contributed by atoms with Gasteiger partial charge in [-0.15, -0.1) is 0 Å². The van der Waals surface area contributed by atoms with E-state index in [0.717, 1.165) is 63.9 Å². The van der Waals surface area contributed by atoms with Gasteiger partial charge in [0.1, 0.15) is 0 Å². The summed E-state index contributed by atoms with van der Waals surface area (Å²) in [5.74, 6) is 0. The quantitative estimate of drug-likeness (QED) is 0.907. The minimum absolute atomic E-state index is 0.450. The highest BCUT2D eigenvalue weighted by molar-refractivity contribution is 6.30. The summed E-state index contributed by atoms with van der Waals surface area (Å²) in [7, 11) is 2.21. The molecule has 2 fully saturated rings. The molecule has 5 heteroatoms. The smallest absolute Gasteiger partial charge is 0.0476 e. The van der Waals surface area contributed by atoms with E-state index in [4.69, 9.17) is 11.6 Å². The van der Waals surface area contributed by atoms with Crippen LogP contribution in [0.4, 0.5) is 0 Å². The van der Waals surface area contributed by atoms with Gasteiger partial charge in [0, 0.05) is 70.0 Å². The third-order valence-electron chi connectivity index (χ3n) is 4.85. The first-order valence-electron chi connectivity index (χ1n) is 8.33. The minimum Gasteiger partial charge on any atom is -0.314 e. The third kappa shape index (κ3) is 4.21. The van der Waals surface area contributed by atoms with Crippen molar-refractivity contribution in [2.24, 2.45) is 0 Å². The molecule has 2 saturated heterocycles. The summed E-state index contributed by atoms with van der Waals surface area (Å²) in [5.41, 5.74) is 1.36. The van der Waals surface area contributed by atoms with Gasteiger partial charge >= 0.3 is 0 Å². The van der Waals surface area contributed by atoms with Crippen molar-refractivity contribution in [1.29, 1.82) is 0 Å². The van der Waals surface area contributed by atoms with Gasteiger partial charge in [-0.05, 0) is 24.7 Å². The highest BCUT2D eigenvalue weighted by Gasteiger charge is 2.26. The fourth-order valence-electron chi connectivity index (χ4n) is 3.42. The van der Waals surface area contributed by atoms with Crippen LogP contribution in [0.15, 0.2) is 24.3 Å². The molecule has 0 amide bonds. The molecule has 0 aromatic heterocycles. The van der Waals surface area contributed by atoms with E-state index in [-0.39, 0.29) is 0 Å². The van der Waals surface area contributed by atoms with Gasteiger partial charge in [0.25, 0.3) is 0 Å². The molecule has 1 N–H and O–H groups in total. The van der Waals surface area contributed by atoms with Crippen LogP contribution in [0.25, 0.3) is 0 Å². The molecule has 122 valence electrons. The largest absolute Gasteiger partial charge is 0.314 e. The first-order chi connectivity index (χ1) is 10.7. The van der Waals surface area contributed by atoms with Gasteiger partial charge in [0.2, 0.25) is 0 Å². The van der Waals surface area contributed by atoms with E-state index in [2.05, 4.69) is 45.3 Å². The van der Waals surface area contributed by atoms with Crippen LogP contribution in [0.3, 0.4) is 0 Å². The Labute approximate surface area is 139 Å². The lowest BCUT2D eigenvalue weighted by Crippen LogP contribution is -2.51. The first-order valence-corrected chi connectivity index (χ1v) is 8.71. The lowest BCUT2D eigenvalue weighted by molar-refractivity contribution is 0.0816. The standard InChI is InChI=1S/C17H27ClN4/c1-20-9-11-22(12-10-20)17(14-21-7-5-19-6-8-21)15-3-2-4-16(18)13-15/h2-4,13,17,19H,5-12,14H2,1H3. The molecule has 2 aliphatic rings. The van der Waals surface area contributed by atoms with Gasteiger partial charge in [0.15, 0.2) is 0 Å². The van der Waals surface area contributed by atoms with E-state index in [1.807, 2.05) is 6.07 Å². The molecule has 0 spiro atoms. The Morgan fingerprint density at radius 3 is 2.50 bits per heavy atom. The van der Waals surface area contributed by atoms with Crippen LogP contribution in [0.2, 0.25) is 5.02 Å². The van der Waals surface area contributed by atoms with E-state index in [9.17, 15) is 0 Å². The highest BCUT2D eigenvalue weighted by atomic mass is 35.5. The van der Waals surface area contributed by atoms with Gasteiger partial charge in [-0.2, -0.15) is 0 Å². The van der Waals surface area contributed by atoms with Gasteiger partial charge in [-0.1, -0.05) is 23.7 Å². The topological polar surface area (TPSA) is 21.8 Å². The fraction of sp³-hybridized carbons (Fsp3) is 0.647. The van der Waals surface area contributed by atoms with Crippen LogP contribution >= 0.6 is 11.6 Å². The Hall–Kier alpha value is -0.650. The molecule has 1 aromatic rings. The van der Waals surface area contributed by atoms with Crippen molar-refractivity contribution in [3.05, 3.63) is 34.9 Å². The number of nitrogens with zero attached hydrogens (tertiary/aromatic N) is 3. The Bertz CT molecular complexity index is 467. The molecule has 0 radical (unpaired) electrons. The molecular weight excluding hydrogens is 296 g/mol. The molecule has 0 saturated carbocycles. The second kappa shape index (κ2) is 7.75. The van der Waals surface area contributed by atoms with Gasteiger partial charge in [-0.3, -0.25) is 9.80 Å². The molecule has 2 aliphatic heterocycles. The maximum atomic E-state index is 6.24. The number of piperazine rings is 2. The Morgan fingerprint density at radius 2 is 1.82 bits per heavy atom. The number of likely N-dealkylation sites (N-methyl/N-ethyl adjacent to an activating group) is 1. The number of nitrogens with one attached hydrogen (secondary N) is 1. The van der Waals surface area contributed by atoms with Crippen molar-refractivity contribution in [1.82, 2.24) is 20.0 Å². The van der Waals surface area contributed by atoms with Crippen LogP contribution in [0, 0.1) is 0 Å². The highest BCUT2D eigenvalue weighted by Crippen LogP contribution is 2.25. The van der Waals surface area contributed by atoms with Crippen LogP contribution in [0.1, 0.15) is 11.6 Å². The molecule has 2 heterocycles. The first kappa shape index (κ1) is 16.2. The second-order valence-corrected chi connectivity index (χ2v) is 6.90. The molecule has 3 rings (SSSR count). The zero-order valence-corrected chi connectivity index (χ0v) is 14.2. The Balaban J connectivity index is 1.75. The minimum atomic E-state index is 0.450. The van der Waals surface area contributed by atoms with E-state index in [1.165, 1.54) is 5.56 Å². The number of rotatable bonds is 4. The SMILES string of the molecule is CN1CCN(C(CN2CCNCC2)c2cccc(Cl)c2)CC1. The lowest BCUT2D eigenvalue weighted by atomic mass is 10.0. The summed E-state index contributed by atoms with van der Waals surface area (Å²) in [4.78, 5) is 7.63. The fourth-order valence-corrected chi connectivity index (χ4v) is 3.62. The maximum Gasteiger partial charge on any atom is 0.0476 e.